The Morgan fingerprint density at radius 3 is 2.57 bits per heavy atom. The fourth-order valence-corrected chi connectivity index (χ4v) is 2.26. The van der Waals surface area contributed by atoms with Gasteiger partial charge in [0.15, 0.2) is 0 Å². The van der Waals surface area contributed by atoms with Crippen LogP contribution in [0.4, 0.5) is 5.13 Å². The summed E-state index contributed by atoms with van der Waals surface area (Å²) in [5, 5.41) is 12.1. The predicted octanol–water partition coefficient (Wildman–Crippen LogP) is 3.39. The summed E-state index contributed by atoms with van der Waals surface area (Å²) in [6, 6.07) is 7.09. The van der Waals surface area contributed by atoms with Gasteiger partial charge in [-0.2, -0.15) is 0 Å². The molecular formula is C15H19N3O2S. The first-order chi connectivity index (χ1) is 10.1. The Hall–Kier alpha value is -1.95. The van der Waals surface area contributed by atoms with Crippen LogP contribution in [-0.2, 0) is 6.42 Å². The van der Waals surface area contributed by atoms with E-state index in [9.17, 15) is 4.79 Å². The van der Waals surface area contributed by atoms with Gasteiger partial charge in [0, 0.05) is 5.56 Å². The van der Waals surface area contributed by atoms with Crippen molar-refractivity contribution in [3.05, 3.63) is 34.8 Å². The second-order valence-electron chi connectivity index (χ2n) is 5.04. The quantitative estimate of drug-likeness (QED) is 0.888. The van der Waals surface area contributed by atoms with Gasteiger partial charge in [0.2, 0.25) is 5.13 Å². The highest BCUT2D eigenvalue weighted by atomic mass is 32.1. The van der Waals surface area contributed by atoms with Crippen molar-refractivity contribution in [2.75, 3.05) is 11.9 Å². The number of nitrogens with one attached hydrogen (secondary N) is 1. The number of nitrogens with zero attached hydrogens (tertiary/aromatic N) is 2. The van der Waals surface area contributed by atoms with Gasteiger partial charge < -0.3 is 4.74 Å². The maximum absolute atomic E-state index is 12.1. The van der Waals surface area contributed by atoms with Gasteiger partial charge in [-0.15, -0.1) is 10.2 Å². The van der Waals surface area contributed by atoms with E-state index in [2.05, 4.69) is 29.4 Å². The van der Waals surface area contributed by atoms with Crippen LogP contribution in [0.25, 0.3) is 0 Å². The number of amides is 1. The Morgan fingerprint density at radius 2 is 2.00 bits per heavy atom. The lowest BCUT2D eigenvalue weighted by Gasteiger charge is -2.09. The number of ether oxygens (including phenoxy) is 1. The molecule has 1 aromatic carbocycles. The van der Waals surface area contributed by atoms with E-state index in [0.717, 1.165) is 17.2 Å². The van der Waals surface area contributed by atoms with Crippen LogP contribution in [0.5, 0.6) is 5.75 Å². The number of aromatic nitrogens is 2. The summed E-state index contributed by atoms with van der Waals surface area (Å²) < 4.78 is 5.59. The van der Waals surface area contributed by atoms with Crippen molar-refractivity contribution in [2.45, 2.75) is 27.2 Å². The number of hydrogen-bond donors (Lipinski definition) is 1. The van der Waals surface area contributed by atoms with Crippen LogP contribution < -0.4 is 10.1 Å². The minimum Gasteiger partial charge on any atom is -0.493 e. The van der Waals surface area contributed by atoms with Crippen molar-refractivity contribution >= 4 is 22.4 Å². The van der Waals surface area contributed by atoms with E-state index in [1.54, 1.807) is 24.3 Å². The Balaban J connectivity index is 1.96. The van der Waals surface area contributed by atoms with Gasteiger partial charge in [-0.25, -0.2) is 0 Å². The van der Waals surface area contributed by atoms with E-state index >= 15 is 0 Å². The molecule has 0 aliphatic rings. The zero-order valence-corrected chi connectivity index (χ0v) is 13.2. The van der Waals surface area contributed by atoms with Crippen LogP contribution in [0.15, 0.2) is 24.3 Å². The molecule has 112 valence electrons. The van der Waals surface area contributed by atoms with Crippen LogP contribution in [-0.4, -0.2) is 22.7 Å². The molecule has 0 atom stereocenters. The van der Waals surface area contributed by atoms with Crippen molar-refractivity contribution in [3.8, 4) is 5.75 Å². The van der Waals surface area contributed by atoms with Crippen LogP contribution in [0, 0.1) is 5.92 Å². The molecule has 0 aliphatic carbocycles. The lowest BCUT2D eigenvalue weighted by Crippen LogP contribution is -2.11. The summed E-state index contributed by atoms with van der Waals surface area (Å²) >= 11 is 1.39. The summed E-state index contributed by atoms with van der Waals surface area (Å²) in [7, 11) is 0. The minimum absolute atomic E-state index is 0.191. The molecule has 21 heavy (non-hydrogen) atoms. The molecule has 0 saturated carbocycles. The summed E-state index contributed by atoms with van der Waals surface area (Å²) in [5.74, 6) is 1.05. The number of rotatable bonds is 6. The third-order valence-electron chi connectivity index (χ3n) is 2.69. The first-order valence-electron chi connectivity index (χ1n) is 6.95. The molecular weight excluding hydrogens is 286 g/mol. The Bertz CT molecular complexity index is 593. The van der Waals surface area contributed by atoms with Gasteiger partial charge in [-0.3, -0.25) is 10.1 Å². The van der Waals surface area contributed by atoms with Gasteiger partial charge in [-0.1, -0.05) is 32.1 Å². The lowest BCUT2D eigenvalue weighted by atomic mass is 10.2. The molecule has 1 aromatic heterocycles. The SMILES string of the molecule is CCc1nnc(NC(=O)c2ccc(OCC(C)C)cc2)s1. The zero-order chi connectivity index (χ0) is 15.2. The van der Waals surface area contributed by atoms with E-state index < -0.39 is 0 Å². The molecule has 0 spiro atoms. The highest BCUT2D eigenvalue weighted by molar-refractivity contribution is 7.15. The van der Waals surface area contributed by atoms with Gasteiger partial charge in [0.1, 0.15) is 10.8 Å². The molecule has 6 heteroatoms. The maximum Gasteiger partial charge on any atom is 0.257 e. The summed E-state index contributed by atoms with van der Waals surface area (Å²) in [6.07, 6.45) is 0.815. The molecule has 5 nitrogen and oxygen atoms in total. The van der Waals surface area contributed by atoms with Gasteiger partial charge in [-0.05, 0) is 36.6 Å². The molecule has 1 heterocycles. The first kappa shape index (κ1) is 15.4. The number of aryl methyl sites for hydroxylation is 1. The smallest absolute Gasteiger partial charge is 0.257 e. The Morgan fingerprint density at radius 1 is 1.29 bits per heavy atom. The van der Waals surface area contributed by atoms with Crippen molar-refractivity contribution in [2.24, 2.45) is 5.92 Å². The van der Waals surface area contributed by atoms with Gasteiger partial charge in [0.25, 0.3) is 5.91 Å². The highest BCUT2D eigenvalue weighted by Gasteiger charge is 2.10. The first-order valence-corrected chi connectivity index (χ1v) is 7.76. The number of carbonyl (C=O) groups excluding carboxylic acids is 1. The van der Waals surface area contributed by atoms with Crippen molar-refractivity contribution in [1.29, 1.82) is 0 Å². The molecule has 0 bridgehead atoms. The van der Waals surface area contributed by atoms with E-state index in [0.29, 0.717) is 23.2 Å². The summed E-state index contributed by atoms with van der Waals surface area (Å²) in [6.45, 7) is 6.85. The number of anilines is 1. The molecule has 0 unspecified atom stereocenters. The van der Waals surface area contributed by atoms with Crippen molar-refractivity contribution in [1.82, 2.24) is 10.2 Å². The summed E-state index contributed by atoms with van der Waals surface area (Å²) in [4.78, 5) is 12.1. The largest absolute Gasteiger partial charge is 0.493 e. The van der Waals surface area contributed by atoms with Crippen LogP contribution >= 0.6 is 11.3 Å². The number of benzene rings is 1. The second kappa shape index (κ2) is 7.17. The normalized spacial score (nSPS) is 10.7. The Kier molecular flexibility index (Phi) is 5.27. The maximum atomic E-state index is 12.1. The molecule has 2 rings (SSSR count). The van der Waals surface area contributed by atoms with Gasteiger partial charge >= 0.3 is 0 Å². The van der Waals surface area contributed by atoms with E-state index in [4.69, 9.17) is 4.74 Å². The van der Waals surface area contributed by atoms with Crippen molar-refractivity contribution in [3.63, 3.8) is 0 Å². The molecule has 1 amide bonds. The molecule has 0 radical (unpaired) electrons. The third kappa shape index (κ3) is 4.53. The predicted molar refractivity (Wildman–Crippen MR) is 84.0 cm³/mol. The minimum atomic E-state index is -0.191. The Labute approximate surface area is 128 Å². The third-order valence-corrected chi connectivity index (χ3v) is 3.67. The van der Waals surface area contributed by atoms with E-state index in [1.165, 1.54) is 11.3 Å². The summed E-state index contributed by atoms with van der Waals surface area (Å²) in [5.41, 5.74) is 0.570. The van der Waals surface area contributed by atoms with Crippen LogP contribution in [0.2, 0.25) is 0 Å². The molecule has 0 saturated heterocycles. The van der Waals surface area contributed by atoms with E-state index in [-0.39, 0.29) is 5.91 Å². The lowest BCUT2D eigenvalue weighted by molar-refractivity contribution is 0.102. The molecule has 0 aliphatic heterocycles. The molecule has 2 aromatic rings. The zero-order valence-electron chi connectivity index (χ0n) is 12.4. The molecule has 1 N–H and O–H groups in total. The average molecular weight is 305 g/mol. The monoisotopic (exact) mass is 305 g/mol. The van der Waals surface area contributed by atoms with Gasteiger partial charge in [0.05, 0.1) is 6.61 Å². The number of carbonyl (C=O) groups is 1. The van der Waals surface area contributed by atoms with Crippen molar-refractivity contribution < 1.29 is 9.53 Å². The fourth-order valence-electron chi connectivity index (χ4n) is 1.58. The van der Waals surface area contributed by atoms with E-state index in [1.807, 2.05) is 6.92 Å². The number of hydrogen-bond acceptors (Lipinski definition) is 5. The second-order valence-corrected chi connectivity index (χ2v) is 6.10. The standard InChI is InChI=1S/C15H19N3O2S/c1-4-13-17-18-15(21-13)16-14(19)11-5-7-12(8-6-11)20-9-10(2)3/h5-8,10H,4,9H2,1-3H3,(H,16,18,19). The topological polar surface area (TPSA) is 64.1 Å². The highest BCUT2D eigenvalue weighted by Crippen LogP contribution is 2.18. The molecule has 0 fully saturated rings. The average Bonchev–Trinajstić information content (AvgIpc) is 2.93. The van der Waals surface area contributed by atoms with Crippen LogP contribution in [0.1, 0.15) is 36.1 Å². The fraction of sp³-hybridized carbons (Fsp3) is 0.400. The van der Waals surface area contributed by atoms with Crippen LogP contribution in [0.3, 0.4) is 0 Å².